The van der Waals surface area contributed by atoms with Gasteiger partial charge in [0.25, 0.3) is 6.43 Å². The summed E-state index contributed by atoms with van der Waals surface area (Å²) in [5.41, 5.74) is -0.129. The van der Waals surface area contributed by atoms with Crippen LogP contribution in [-0.2, 0) is 0 Å². The number of halogens is 2. The number of rotatable bonds is 2. The Balaban J connectivity index is 3.41. The number of carboxylic acids is 1. The van der Waals surface area contributed by atoms with E-state index in [1.54, 1.807) is 0 Å². The number of aryl methyl sites for hydroxylation is 1. The molecule has 1 aromatic rings. The second-order valence-electron chi connectivity index (χ2n) is 2.90. The lowest BCUT2D eigenvalue weighted by Gasteiger charge is -2.09. The summed E-state index contributed by atoms with van der Waals surface area (Å²) >= 11 is 0. The Kier molecular flexibility index (Phi) is 2.78. The van der Waals surface area contributed by atoms with Crippen LogP contribution in [0, 0.1) is 13.8 Å². The van der Waals surface area contributed by atoms with E-state index in [9.17, 15) is 13.6 Å². The van der Waals surface area contributed by atoms with Crippen LogP contribution in [0.15, 0.2) is 6.20 Å². The maximum atomic E-state index is 12.4. The smallest absolute Gasteiger partial charge is 0.337 e. The Morgan fingerprint density at radius 3 is 2.50 bits per heavy atom. The fourth-order valence-corrected chi connectivity index (χ4v) is 1.28. The van der Waals surface area contributed by atoms with Gasteiger partial charge >= 0.3 is 5.97 Å². The fourth-order valence-electron chi connectivity index (χ4n) is 1.28. The van der Waals surface area contributed by atoms with Gasteiger partial charge < -0.3 is 5.11 Å². The lowest BCUT2D eigenvalue weighted by atomic mass is 10.0. The number of aromatic carboxylic acids is 1. The average Bonchev–Trinajstić information content (AvgIpc) is 2.02. The van der Waals surface area contributed by atoms with E-state index in [4.69, 9.17) is 5.11 Å². The summed E-state index contributed by atoms with van der Waals surface area (Å²) in [6.07, 6.45) is -1.68. The summed E-state index contributed by atoms with van der Waals surface area (Å²) in [7, 11) is 0. The van der Waals surface area contributed by atoms with Gasteiger partial charge in [-0.15, -0.1) is 0 Å². The zero-order valence-corrected chi connectivity index (χ0v) is 7.71. The van der Waals surface area contributed by atoms with Crippen LogP contribution >= 0.6 is 0 Å². The molecule has 0 amide bonds. The van der Waals surface area contributed by atoms with E-state index < -0.39 is 12.4 Å². The van der Waals surface area contributed by atoms with Crippen molar-refractivity contribution < 1.29 is 18.7 Å². The van der Waals surface area contributed by atoms with Gasteiger partial charge in [0.2, 0.25) is 0 Å². The molecule has 0 aliphatic rings. The molecule has 0 fully saturated rings. The highest BCUT2D eigenvalue weighted by Crippen LogP contribution is 2.25. The maximum Gasteiger partial charge on any atom is 0.337 e. The van der Waals surface area contributed by atoms with Crippen LogP contribution in [0.5, 0.6) is 0 Å². The van der Waals surface area contributed by atoms with Gasteiger partial charge in [-0.25, -0.2) is 13.6 Å². The normalized spacial score (nSPS) is 10.6. The number of hydrogen-bond acceptors (Lipinski definition) is 2. The molecular formula is C9H9F2NO2. The molecule has 0 aliphatic heterocycles. The van der Waals surface area contributed by atoms with E-state index >= 15 is 0 Å². The summed E-state index contributed by atoms with van der Waals surface area (Å²) in [6.45, 7) is 2.84. The molecule has 76 valence electrons. The molecule has 14 heavy (non-hydrogen) atoms. The highest BCUT2D eigenvalue weighted by atomic mass is 19.3. The van der Waals surface area contributed by atoms with Crippen molar-refractivity contribution in [2.45, 2.75) is 20.3 Å². The minimum atomic E-state index is -2.69. The molecule has 0 aliphatic carbocycles. The molecule has 0 spiro atoms. The third-order valence-electron chi connectivity index (χ3n) is 2.02. The first-order valence-corrected chi connectivity index (χ1v) is 3.92. The molecule has 0 bridgehead atoms. The van der Waals surface area contributed by atoms with Crippen molar-refractivity contribution in [2.24, 2.45) is 0 Å². The molecular weight excluding hydrogens is 192 g/mol. The lowest BCUT2D eigenvalue weighted by Crippen LogP contribution is -2.07. The van der Waals surface area contributed by atoms with Crippen molar-refractivity contribution in [3.8, 4) is 0 Å². The van der Waals surface area contributed by atoms with Crippen LogP contribution in [0.4, 0.5) is 8.78 Å². The van der Waals surface area contributed by atoms with Crippen LogP contribution in [0.2, 0.25) is 0 Å². The van der Waals surface area contributed by atoms with Crippen molar-refractivity contribution in [1.82, 2.24) is 4.98 Å². The number of pyridine rings is 1. The largest absolute Gasteiger partial charge is 0.478 e. The van der Waals surface area contributed by atoms with Crippen LogP contribution in [0.3, 0.4) is 0 Å². The SMILES string of the molecule is Cc1ncc(C(F)F)c(C)c1C(=O)O. The maximum absolute atomic E-state index is 12.4. The first kappa shape index (κ1) is 10.6. The molecule has 1 N–H and O–H groups in total. The van der Waals surface area contributed by atoms with Gasteiger partial charge in [-0.05, 0) is 19.4 Å². The molecule has 0 saturated carbocycles. The van der Waals surface area contributed by atoms with E-state index in [0.29, 0.717) is 0 Å². The molecule has 1 rings (SSSR count). The zero-order valence-electron chi connectivity index (χ0n) is 7.71. The number of hydrogen-bond donors (Lipinski definition) is 1. The summed E-state index contributed by atoms with van der Waals surface area (Å²) in [4.78, 5) is 14.4. The second kappa shape index (κ2) is 3.69. The van der Waals surface area contributed by atoms with E-state index in [-0.39, 0.29) is 22.4 Å². The van der Waals surface area contributed by atoms with Crippen molar-refractivity contribution in [2.75, 3.05) is 0 Å². The van der Waals surface area contributed by atoms with Crippen molar-refractivity contribution >= 4 is 5.97 Å². The first-order chi connectivity index (χ1) is 6.45. The minimum Gasteiger partial charge on any atom is -0.478 e. The van der Waals surface area contributed by atoms with Gasteiger partial charge in [-0.1, -0.05) is 0 Å². The highest BCUT2D eigenvalue weighted by molar-refractivity contribution is 5.90. The van der Waals surface area contributed by atoms with Gasteiger partial charge in [-0.2, -0.15) is 0 Å². The molecule has 0 aromatic carbocycles. The van der Waals surface area contributed by atoms with E-state index in [1.807, 2.05) is 0 Å². The van der Waals surface area contributed by atoms with Crippen LogP contribution < -0.4 is 0 Å². The quantitative estimate of drug-likeness (QED) is 0.798. The standard InChI is InChI=1S/C9H9F2NO2/c1-4-6(8(10)11)3-12-5(2)7(4)9(13)14/h3,8H,1-2H3,(H,13,14). The lowest BCUT2D eigenvalue weighted by molar-refractivity contribution is 0.0694. The Hall–Kier alpha value is -1.52. The Morgan fingerprint density at radius 1 is 1.50 bits per heavy atom. The minimum absolute atomic E-state index is 0.0833. The van der Waals surface area contributed by atoms with Gasteiger partial charge in [0.05, 0.1) is 11.3 Å². The number of carbonyl (C=O) groups is 1. The summed E-state index contributed by atoms with van der Waals surface area (Å²) in [5.74, 6) is -1.23. The number of nitrogens with zero attached hydrogens (tertiary/aromatic N) is 1. The molecule has 0 unspecified atom stereocenters. The molecule has 0 saturated heterocycles. The van der Waals surface area contributed by atoms with E-state index in [1.165, 1.54) is 13.8 Å². The van der Waals surface area contributed by atoms with Crippen LogP contribution in [-0.4, -0.2) is 16.1 Å². The molecule has 0 radical (unpaired) electrons. The Labute approximate surface area is 79.4 Å². The van der Waals surface area contributed by atoms with Crippen molar-refractivity contribution in [3.63, 3.8) is 0 Å². The zero-order chi connectivity index (χ0) is 10.9. The molecule has 3 nitrogen and oxygen atoms in total. The first-order valence-electron chi connectivity index (χ1n) is 3.92. The number of aromatic nitrogens is 1. The molecule has 0 atom stereocenters. The van der Waals surface area contributed by atoms with Crippen LogP contribution in [0.1, 0.15) is 33.6 Å². The van der Waals surface area contributed by atoms with Gasteiger partial charge in [-0.3, -0.25) is 4.98 Å². The van der Waals surface area contributed by atoms with Crippen molar-refractivity contribution in [3.05, 3.63) is 28.6 Å². The second-order valence-corrected chi connectivity index (χ2v) is 2.90. The van der Waals surface area contributed by atoms with Gasteiger partial charge in [0.15, 0.2) is 0 Å². The topological polar surface area (TPSA) is 50.2 Å². The predicted molar refractivity (Wildman–Crippen MR) is 45.6 cm³/mol. The van der Waals surface area contributed by atoms with Gasteiger partial charge in [0.1, 0.15) is 0 Å². The summed E-state index contributed by atoms with van der Waals surface area (Å²) in [5, 5.41) is 8.77. The van der Waals surface area contributed by atoms with E-state index in [2.05, 4.69) is 4.98 Å². The van der Waals surface area contributed by atoms with E-state index in [0.717, 1.165) is 6.20 Å². The predicted octanol–water partition coefficient (Wildman–Crippen LogP) is 2.33. The van der Waals surface area contributed by atoms with Gasteiger partial charge in [0, 0.05) is 11.8 Å². The highest BCUT2D eigenvalue weighted by Gasteiger charge is 2.19. The monoisotopic (exact) mass is 201 g/mol. The Morgan fingerprint density at radius 2 is 2.07 bits per heavy atom. The summed E-state index contributed by atoms with van der Waals surface area (Å²) < 4.78 is 24.7. The Bertz CT molecular complexity index is 377. The number of carboxylic acid groups (broad SMARTS) is 1. The average molecular weight is 201 g/mol. The third-order valence-corrected chi connectivity index (χ3v) is 2.02. The van der Waals surface area contributed by atoms with Crippen molar-refractivity contribution in [1.29, 1.82) is 0 Å². The molecule has 5 heteroatoms. The molecule has 1 aromatic heterocycles. The summed E-state index contributed by atoms with van der Waals surface area (Å²) in [6, 6.07) is 0. The van der Waals surface area contributed by atoms with Crippen LogP contribution in [0.25, 0.3) is 0 Å². The molecule has 1 heterocycles. The third kappa shape index (κ3) is 1.71. The fraction of sp³-hybridized carbons (Fsp3) is 0.333. The number of alkyl halides is 2.